The van der Waals surface area contributed by atoms with E-state index in [0.717, 1.165) is 10.9 Å². The molecule has 0 spiro atoms. The highest BCUT2D eigenvalue weighted by molar-refractivity contribution is 7.90. The lowest BCUT2D eigenvalue weighted by Gasteiger charge is -2.03. The molecule has 2 aromatic rings. The zero-order valence-electron chi connectivity index (χ0n) is 8.84. The average molecular weight is 255 g/mol. The molecule has 0 atom stereocenters. The molecule has 0 bridgehead atoms. The molecule has 1 aromatic heterocycles. The van der Waals surface area contributed by atoms with Gasteiger partial charge in [-0.05, 0) is 24.6 Å². The van der Waals surface area contributed by atoms with Gasteiger partial charge >= 0.3 is 5.63 Å². The molecule has 0 aliphatic carbocycles. The molecule has 0 unspecified atom stereocenters. The van der Waals surface area contributed by atoms with E-state index in [2.05, 4.69) is 15.2 Å². The molecule has 90 valence electrons. The Labute approximate surface area is 101 Å². The van der Waals surface area contributed by atoms with Crippen LogP contribution in [-0.2, 0) is 9.32 Å². The van der Waals surface area contributed by atoms with Crippen molar-refractivity contribution in [2.24, 2.45) is 5.90 Å². The van der Waals surface area contributed by atoms with Crippen molar-refractivity contribution in [2.75, 3.05) is 0 Å². The standard InChI is InChI=1S/C10H9NO5S/c1-6-4-10(12)13-9-5-7(2-3-8(6)9)14-17-16-15-11/h2-5H,11H2,1H3. The monoisotopic (exact) mass is 255 g/mol. The Morgan fingerprint density at radius 2 is 2.18 bits per heavy atom. The highest BCUT2D eigenvalue weighted by atomic mass is 32.2. The van der Waals surface area contributed by atoms with Crippen molar-refractivity contribution < 1.29 is 17.9 Å². The van der Waals surface area contributed by atoms with Gasteiger partial charge in [-0.1, -0.05) is 0 Å². The van der Waals surface area contributed by atoms with Gasteiger partial charge in [-0.2, -0.15) is 5.90 Å². The molecular formula is C10H9NO5S. The molecular weight excluding hydrogens is 246 g/mol. The third kappa shape index (κ3) is 2.77. The predicted molar refractivity (Wildman–Crippen MR) is 61.8 cm³/mol. The van der Waals surface area contributed by atoms with E-state index < -0.39 is 5.63 Å². The Balaban J connectivity index is 2.33. The maximum atomic E-state index is 11.2. The second-order valence-corrected chi connectivity index (χ2v) is 3.66. The van der Waals surface area contributed by atoms with E-state index in [1.165, 1.54) is 6.07 Å². The summed E-state index contributed by atoms with van der Waals surface area (Å²) in [5.41, 5.74) is 0.889. The molecule has 0 aliphatic heterocycles. The van der Waals surface area contributed by atoms with Gasteiger partial charge in [0.15, 0.2) is 0 Å². The smallest absolute Gasteiger partial charge is 0.336 e. The van der Waals surface area contributed by atoms with Gasteiger partial charge in [0.25, 0.3) is 12.3 Å². The zero-order chi connectivity index (χ0) is 12.3. The van der Waals surface area contributed by atoms with Crippen molar-refractivity contribution in [3.63, 3.8) is 0 Å². The Morgan fingerprint density at radius 3 is 2.94 bits per heavy atom. The maximum absolute atomic E-state index is 11.2. The van der Waals surface area contributed by atoms with E-state index in [4.69, 9.17) is 8.60 Å². The molecule has 0 aliphatic rings. The van der Waals surface area contributed by atoms with Crippen molar-refractivity contribution >= 4 is 23.3 Å². The molecule has 1 aromatic carbocycles. The number of aryl methyl sites for hydroxylation is 1. The summed E-state index contributed by atoms with van der Waals surface area (Å²) < 4.78 is 14.4. The predicted octanol–water partition coefficient (Wildman–Crippen LogP) is 1.87. The molecule has 0 fully saturated rings. The Kier molecular flexibility index (Phi) is 3.64. The van der Waals surface area contributed by atoms with Crippen LogP contribution in [0.1, 0.15) is 5.56 Å². The fourth-order valence-corrected chi connectivity index (χ4v) is 1.67. The van der Waals surface area contributed by atoms with Crippen molar-refractivity contribution in [3.8, 4) is 5.75 Å². The summed E-state index contributed by atoms with van der Waals surface area (Å²) in [5, 5.41) is 0.845. The van der Waals surface area contributed by atoms with E-state index in [1.807, 2.05) is 6.92 Å². The summed E-state index contributed by atoms with van der Waals surface area (Å²) >= 11 is 0.556. The van der Waals surface area contributed by atoms with Gasteiger partial charge in [0, 0.05) is 17.5 Å². The maximum Gasteiger partial charge on any atom is 0.336 e. The minimum Gasteiger partial charge on any atom is -0.423 e. The molecule has 7 heteroatoms. The minimum absolute atomic E-state index is 0.402. The highest BCUT2D eigenvalue weighted by Crippen LogP contribution is 2.24. The molecule has 0 saturated heterocycles. The molecule has 0 radical (unpaired) electrons. The molecule has 6 nitrogen and oxygen atoms in total. The van der Waals surface area contributed by atoms with Crippen LogP contribution in [0.5, 0.6) is 5.75 Å². The molecule has 1 heterocycles. The van der Waals surface area contributed by atoms with E-state index in [-0.39, 0.29) is 0 Å². The summed E-state index contributed by atoms with van der Waals surface area (Å²) in [4.78, 5) is 15.1. The van der Waals surface area contributed by atoms with Crippen LogP contribution in [0.3, 0.4) is 0 Å². The van der Waals surface area contributed by atoms with Crippen LogP contribution in [-0.4, -0.2) is 0 Å². The molecule has 17 heavy (non-hydrogen) atoms. The fraction of sp³-hybridized carbons (Fsp3) is 0.100. The van der Waals surface area contributed by atoms with Crippen molar-refractivity contribution in [3.05, 3.63) is 40.2 Å². The van der Waals surface area contributed by atoms with Crippen LogP contribution < -0.4 is 15.7 Å². The number of fused-ring (bicyclic) bond motifs is 1. The zero-order valence-corrected chi connectivity index (χ0v) is 9.65. The SMILES string of the molecule is Cc1cc(=O)oc2cc(OSOON)ccc12. The quantitative estimate of drug-likeness (QED) is 0.293. The Bertz CT molecular complexity index is 582. The fourth-order valence-electron chi connectivity index (χ4n) is 1.43. The van der Waals surface area contributed by atoms with Crippen LogP contribution in [0.2, 0.25) is 0 Å². The first-order chi connectivity index (χ1) is 8.20. The number of benzene rings is 1. The second kappa shape index (κ2) is 5.19. The number of hydrogen-bond donors (Lipinski definition) is 1. The Morgan fingerprint density at radius 1 is 1.35 bits per heavy atom. The summed E-state index contributed by atoms with van der Waals surface area (Å²) in [6, 6.07) is 6.51. The Hall–Kier alpha value is -1.54. The summed E-state index contributed by atoms with van der Waals surface area (Å²) in [6.45, 7) is 1.83. The topological polar surface area (TPSA) is 83.9 Å². The van der Waals surface area contributed by atoms with Crippen LogP contribution in [0.25, 0.3) is 11.0 Å². The van der Waals surface area contributed by atoms with Crippen molar-refractivity contribution in [1.29, 1.82) is 0 Å². The van der Waals surface area contributed by atoms with E-state index >= 15 is 0 Å². The second-order valence-electron chi connectivity index (χ2n) is 3.22. The van der Waals surface area contributed by atoms with Crippen molar-refractivity contribution in [2.45, 2.75) is 6.92 Å². The van der Waals surface area contributed by atoms with Gasteiger partial charge in [0.1, 0.15) is 11.3 Å². The van der Waals surface area contributed by atoms with E-state index in [1.54, 1.807) is 18.2 Å². The van der Waals surface area contributed by atoms with Crippen LogP contribution in [0.4, 0.5) is 0 Å². The molecule has 2 rings (SSSR count). The lowest BCUT2D eigenvalue weighted by atomic mass is 10.1. The first kappa shape index (κ1) is 11.9. The molecule has 0 saturated carbocycles. The molecule has 0 amide bonds. The summed E-state index contributed by atoms with van der Waals surface area (Å²) in [7, 11) is 0. The largest absolute Gasteiger partial charge is 0.423 e. The lowest BCUT2D eigenvalue weighted by Crippen LogP contribution is -1.98. The first-order valence-corrected chi connectivity index (χ1v) is 5.28. The third-order valence-corrected chi connectivity index (χ3v) is 2.51. The first-order valence-electron chi connectivity index (χ1n) is 4.62. The number of rotatable bonds is 4. The van der Waals surface area contributed by atoms with Crippen LogP contribution in [0, 0.1) is 6.92 Å². The van der Waals surface area contributed by atoms with Gasteiger partial charge in [-0.15, -0.1) is 9.32 Å². The number of hydrogen-bond acceptors (Lipinski definition) is 7. The van der Waals surface area contributed by atoms with Gasteiger partial charge in [0.05, 0.1) is 0 Å². The lowest BCUT2D eigenvalue weighted by molar-refractivity contribution is -0.199. The van der Waals surface area contributed by atoms with Crippen LogP contribution in [0.15, 0.2) is 33.5 Å². The van der Waals surface area contributed by atoms with Gasteiger partial charge in [-0.25, -0.2) is 4.79 Å². The third-order valence-electron chi connectivity index (χ3n) is 2.12. The normalized spacial score (nSPS) is 10.7. The van der Waals surface area contributed by atoms with Gasteiger partial charge in [0.2, 0.25) is 0 Å². The summed E-state index contributed by atoms with van der Waals surface area (Å²) in [5.74, 6) is 5.09. The number of nitrogens with two attached hydrogens (primary N) is 1. The van der Waals surface area contributed by atoms with Crippen molar-refractivity contribution in [1.82, 2.24) is 0 Å². The van der Waals surface area contributed by atoms with Gasteiger partial charge < -0.3 is 8.60 Å². The van der Waals surface area contributed by atoms with E-state index in [9.17, 15) is 4.79 Å². The van der Waals surface area contributed by atoms with Crippen LogP contribution >= 0.6 is 12.3 Å². The van der Waals surface area contributed by atoms with Gasteiger partial charge in [-0.3, -0.25) is 0 Å². The highest BCUT2D eigenvalue weighted by Gasteiger charge is 2.04. The minimum atomic E-state index is -0.402. The molecule has 2 N–H and O–H groups in total. The van der Waals surface area contributed by atoms with E-state index in [0.29, 0.717) is 23.7 Å². The summed E-state index contributed by atoms with van der Waals surface area (Å²) in [6.07, 6.45) is 0. The average Bonchev–Trinajstić information content (AvgIpc) is 2.28.